The van der Waals surface area contributed by atoms with E-state index in [4.69, 9.17) is 16.3 Å². The lowest BCUT2D eigenvalue weighted by molar-refractivity contribution is 0.290. The molecule has 0 saturated heterocycles. The van der Waals surface area contributed by atoms with Crippen LogP contribution in [0.1, 0.15) is 31.0 Å². The summed E-state index contributed by atoms with van der Waals surface area (Å²) >= 11 is 5.82. The van der Waals surface area contributed by atoms with E-state index in [1.165, 1.54) is 6.07 Å². The van der Waals surface area contributed by atoms with Crippen molar-refractivity contribution in [3.63, 3.8) is 0 Å². The number of rotatable bonds is 6. The van der Waals surface area contributed by atoms with Crippen LogP contribution in [0, 0.1) is 5.82 Å². The van der Waals surface area contributed by atoms with E-state index < -0.39 is 0 Å². The molecule has 21 heavy (non-hydrogen) atoms. The molecule has 1 N–H and O–H groups in total. The van der Waals surface area contributed by atoms with E-state index in [0.717, 1.165) is 17.7 Å². The predicted molar refractivity (Wildman–Crippen MR) is 84.3 cm³/mol. The molecular weight excluding hydrogens is 289 g/mol. The van der Waals surface area contributed by atoms with Gasteiger partial charge in [0.05, 0.1) is 0 Å². The van der Waals surface area contributed by atoms with Crippen molar-refractivity contribution in [3.05, 3.63) is 64.4 Å². The Kier molecular flexibility index (Phi) is 5.59. The first kappa shape index (κ1) is 15.8. The largest absolute Gasteiger partial charge is 0.486 e. The lowest BCUT2D eigenvalue weighted by atomic mass is 10.1. The SMILES string of the molecule is CCNC(C)c1ccc(OCc2ccc(Cl)cc2)c(F)c1. The van der Waals surface area contributed by atoms with Crippen molar-refractivity contribution in [2.24, 2.45) is 0 Å². The van der Waals surface area contributed by atoms with E-state index in [0.29, 0.717) is 11.6 Å². The predicted octanol–water partition coefficient (Wildman–Crippen LogP) is 4.73. The van der Waals surface area contributed by atoms with Gasteiger partial charge in [-0.1, -0.05) is 36.7 Å². The van der Waals surface area contributed by atoms with Crippen LogP contribution in [0.25, 0.3) is 0 Å². The summed E-state index contributed by atoms with van der Waals surface area (Å²) in [6, 6.07) is 12.5. The molecule has 0 heterocycles. The lowest BCUT2D eigenvalue weighted by Gasteiger charge is -2.14. The van der Waals surface area contributed by atoms with Gasteiger partial charge in [0, 0.05) is 11.1 Å². The Bertz CT molecular complexity index is 586. The molecule has 1 atom stereocenters. The van der Waals surface area contributed by atoms with Crippen LogP contribution in [-0.2, 0) is 6.61 Å². The average molecular weight is 308 g/mol. The van der Waals surface area contributed by atoms with Gasteiger partial charge < -0.3 is 10.1 Å². The van der Waals surface area contributed by atoms with E-state index in [1.54, 1.807) is 18.2 Å². The van der Waals surface area contributed by atoms with Gasteiger partial charge in [0.1, 0.15) is 6.61 Å². The summed E-state index contributed by atoms with van der Waals surface area (Å²) in [6.45, 7) is 5.19. The molecule has 0 bridgehead atoms. The molecule has 2 aromatic carbocycles. The molecule has 0 aromatic heterocycles. The van der Waals surface area contributed by atoms with Gasteiger partial charge in [-0.25, -0.2) is 4.39 Å². The fraction of sp³-hybridized carbons (Fsp3) is 0.294. The van der Waals surface area contributed by atoms with Crippen LogP contribution in [0.5, 0.6) is 5.75 Å². The van der Waals surface area contributed by atoms with E-state index in [2.05, 4.69) is 5.32 Å². The number of hydrogen-bond acceptors (Lipinski definition) is 2. The molecule has 2 nitrogen and oxygen atoms in total. The number of benzene rings is 2. The van der Waals surface area contributed by atoms with Crippen LogP contribution in [0.3, 0.4) is 0 Å². The minimum atomic E-state index is -0.341. The average Bonchev–Trinajstić information content (AvgIpc) is 2.48. The molecule has 0 aliphatic heterocycles. The summed E-state index contributed by atoms with van der Waals surface area (Å²) in [7, 11) is 0. The summed E-state index contributed by atoms with van der Waals surface area (Å²) in [5.41, 5.74) is 1.86. The van der Waals surface area contributed by atoms with Crippen molar-refractivity contribution in [2.45, 2.75) is 26.5 Å². The zero-order chi connectivity index (χ0) is 15.2. The van der Waals surface area contributed by atoms with Crippen LogP contribution in [-0.4, -0.2) is 6.54 Å². The van der Waals surface area contributed by atoms with Crippen LogP contribution < -0.4 is 10.1 Å². The Hall–Kier alpha value is -1.58. The second kappa shape index (κ2) is 7.43. The first-order chi connectivity index (χ1) is 10.1. The van der Waals surface area contributed by atoms with E-state index in [9.17, 15) is 4.39 Å². The summed E-state index contributed by atoms with van der Waals surface area (Å²) in [4.78, 5) is 0. The normalized spacial score (nSPS) is 12.2. The molecule has 0 amide bonds. The van der Waals surface area contributed by atoms with Gasteiger partial charge in [0.2, 0.25) is 0 Å². The monoisotopic (exact) mass is 307 g/mol. The van der Waals surface area contributed by atoms with Crippen molar-refractivity contribution in [2.75, 3.05) is 6.54 Å². The van der Waals surface area contributed by atoms with E-state index >= 15 is 0 Å². The van der Waals surface area contributed by atoms with Gasteiger partial charge in [-0.15, -0.1) is 0 Å². The highest BCUT2D eigenvalue weighted by atomic mass is 35.5. The van der Waals surface area contributed by atoms with Gasteiger partial charge in [-0.2, -0.15) is 0 Å². The third-order valence-electron chi connectivity index (χ3n) is 3.27. The molecule has 1 unspecified atom stereocenters. The molecule has 0 aliphatic carbocycles. The lowest BCUT2D eigenvalue weighted by Crippen LogP contribution is -2.17. The van der Waals surface area contributed by atoms with Gasteiger partial charge >= 0.3 is 0 Å². The van der Waals surface area contributed by atoms with Crippen molar-refractivity contribution >= 4 is 11.6 Å². The molecule has 112 valence electrons. The molecule has 0 saturated carbocycles. The fourth-order valence-corrected chi connectivity index (χ4v) is 2.20. The first-order valence-corrected chi connectivity index (χ1v) is 7.38. The van der Waals surface area contributed by atoms with Crippen LogP contribution in [0.2, 0.25) is 5.02 Å². The second-order valence-electron chi connectivity index (χ2n) is 4.88. The van der Waals surface area contributed by atoms with Crippen molar-refractivity contribution < 1.29 is 9.13 Å². The summed E-state index contributed by atoms with van der Waals surface area (Å²) in [5.74, 6) is -0.0800. The van der Waals surface area contributed by atoms with Gasteiger partial charge in [0.25, 0.3) is 0 Å². The maximum atomic E-state index is 14.0. The van der Waals surface area contributed by atoms with Crippen LogP contribution in [0.4, 0.5) is 4.39 Å². The third kappa shape index (κ3) is 4.45. The zero-order valence-corrected chi connectivity index (χ0v) is 13.0. The Morgan fingerprint density at radius 1 is 1.19 bits per heavy atom. The molecule has 4 heteroatoms. The maximum Gasteiger partial charge on any atom is 0.165 e. The minimum absolute atomic E-state index is 0.120. The number of ether oxygens (including phenoxy) is 1. The molecule has 0 aliphatic rings. The van der Waals surface area contributed by atoms with Crippen LogP contribution in [0.15, 0.2) is 42.5 Å². The second-order valence-corrected chi connectivity index (χ2v) is 5.32. The Morgan fingerprint density at radius 3 is 2.52 bits per heavy atom. The molecule has 2 aromatic rings. The molecule has 0 spiro atoms. The number of halogens is 2. The van der Waals surface area contributed by atoms with E-state index in [1.807, 2.05) is 32.0 Å². The first-order valence-electron chi connectivity index (χ1n) is 7.00. The summed E-state index contributed by atoms with van der Waals surface area (Å²) < 4.78 is 19.6. The minimum Gasteiger partial charge on any atom is -0.486 e. The Labute approximate surface area is 129 Å². The third-order valence-corrected chi connectivity index (χ3v) is 3.53. The van der Waals surface area contributed by atoms with Gasteiger partial charge in [-0.05, 0) is 48.9 Å². The Morgan fingerprint density at radius 2 is 1.90 bits per heavy atom. The van der Waals surface area contributed by atoms with Crippen molar-refractivity contribution in [3.8, 4) is 5.75 Å². The number of hydrogen-bond donors (Lipinski definition) is 1. The van der Waals surface area contributed by atoms with Crippen molar-refractivity contribution in [1.82, 2.24) is 5.32 Å². The van der Waals surface area contributed by atoms with Crippen molar-refractivity contribution in [1.29, 1.82) is 0 Å². The fourth-order valence-electron chi connectivity index (χ4n) is 2.07. The molecule has 0 fully saturated rings. The highest BCUT2D eigenvalue weighted by molar-refractivity contribution is 6.30. The highest BCUT2D eigenvalue weighted by Gasteiger charge is 2.09. The Balaban J connectivity index is 2.02. The topological polar surface area (TPSA) is 21.3 Å². The van der Waals surface area contributed by atoms with Gasteiger partial charge in [0.15, 0.2) is 11.6 Å². The smallest absolute Gasteiger partial charge is 0.165 e. The molecule has 2 rings (SSSR count). The van der Waals surface area contributed by atoms with Crippen LogP contribution >= 0.6 is 11.6 Å². The maximum absolute atomic E-state index is 14.0. The quantitative estimate of drug-likeness (QED) is 0.833. The molecule has 0 radical (unpaired) electrons. The number of nitrogens with one attached hydrogen (secondary N) is 1. The van der Waals surface area contributed by atoms with E-state index in [-0.39, 0.29) is 17.6 Å². The van der Waals surface area contributed by atoms with Gasteiger partial charge in [-0.3, -0.25) is 0 Å². The standard InChI is InChI=1S/C17H19ClFNO/c1-3-20-12(2)14-6-9-17(16(19)10-14)21-11-13-4-7-15(18)8-5-13/h4-10,12,20H,3,11H2,1-2H3. The highest BCUT2D eigenvalue weighted by Crippen LogP contribution is 2.23. The molecular formula is C17H19ClFNO. The summed E-state index contributed by atoms with van der Waals surface area (Å²) in [5, 5.41) is 3.92. The zero-order valence-electron chi connectivity index (χ0n) is 12.2. The summed E-state index contributed by atoms with van der Waals surface area (Å²) in [6.07, 6.45) is 0.